The predicted octanol–water partition coefficient (Wildman–Crippen LogP) is 2.53. The van der Waals surface area contributed by atoms with Crippen molar-refractivity contribution < 1.29 is 22.7 Å². The molecule has 1 unspecified atom stereocenters. The summed E-state index contributed by atoms with van der Waals surface area (Å²) in [7, 11) is -2.04. The molecule has 1 amide bonds. The molecule has 0 aliphatic carbocycles. The van der Waals surface area contributed by atoms with Crippen LogP contribution in [0.25, 0.3) is 0 Å². The molecule has 1 aliphatic rings. The fourth-order valence-corrected chi connectivity index (χ4v) is 5.45. The lowest BCUT2D eigenvalue weighted by Crippen LogP contribution is -2.40. The lowest BCUT2D eigenvalue weighted by molar-refractivity contribution is 0.0730. The molecule has 1 aliphatic heterocycles. The number of rotatable bonds is 10. The zero-order valence-electron chi connectivity index (χ0n) is 19.5. The van der Waals surface area contributed by atoms with Crippen molar-refractivity contribution in [3.8, 4) is 5.75 Å². The Morgan fingerprint density at radius 3 is 2.48 bits per heavy atom. The standard InChI is InChI=1S/C24H33N3O5S/c1-4-26(5-2)23(19-8-6-10-21(16-19)31-3)18-25-24(28)20-9-7-11-22(17-20)33(29,30)27-12-14-32-15-13-27/h6-11,16-17,23H,4-5,12-15,18H2,1-3H3,(H,25,28). The molecular formula is C24H33N3O5S. The largest absolute Gasteiger partial charge is 0.497 e. The van der Waals surface area contributed by atoms with Gasteiger partial charge in [-0.1, -0.05) is 32.0 Å². The first-order chi connectivity index (χ1) is 15.9. The third-order valence-corrected chi connectivity index (χ3v) is 7.79. The van der Waals surface area contributed by atoms with Crippen molar-refractivity contribution in [3.63, 3.8) is 0 Å². The van der Waals surface area contributed by atoms with Crippen LogP contribution < -0.4 is 10.1 Å². The van der Waals surface area contributed by atoms with E-state index < -0.39 is 10.0 Å². The number of ether oxygens (including phenoxy) is 2. The van der Waals surface area contributed by atoms with Crippen molar-refractivity contribution in [2.75, 3.05) is 53.0 Å². The Morgan fingerprint density at radius 2 is 1.82 bits per heavy atom. The van der Waals surface area contributed by atoms with E-state index in [1.165, 1.54) is 16.4 Å². The summed E-state index contributed by atoms with van der Waals surface area (Å²) in [5, 5.41) is 2.99. The quantitative estimate of drug-likeness (QED) is 0.568. The van der Waals surface area contributed by atoms with Gasteiger partial charge in [0.05, 0.1) is 31.3 Å². The second-order valence-electron chi connectivity index (χ2n) is 7.77. The molecular weight excluding hydrogens is 442 g/mol. The fraction of sp³-hybridized carbons (Fsp3) is 0.458. The second-order valence-corrected chi connectivity index (χ2v) is 9.71. The monoisotopic (exact) mass is 475 g/mol. The number of hydrogen-bond donors (Lipinski definition) is 1. The number of nitrogens with one attached hydrogen (secondary N) is 1. The summed E-state index contributed by atoms with van der Waals surface area (Å²) in [5.41, 5.74) is 1.36. The van der Waals surface area contributed by atoms with Crippen LogP contribution >= 0.6 is 0 Å². The minimum atomic E-state index is -3.67. The Morgan fingerprint density at radius 1 is 1.12 bits per heavy atom. The molecule has 1 atom stereocenters. The Bertz CT molecular complexity index is 1030. The number of amides is 1. The van der Waals surface area contributed by atoms with Gasteiger partial charge in [0.15, 0.2) is 0 Å². The molecule has 1 saturated heterocycles. The summed E-state index contributed by atoms with van der Waals surface area (Å²) in [6.45, 7) is 7.55. The van der Waals surface area contributed by atoms with Crippen LogP contribution in [-0.2, 0) is 14.8 Å². The van der Waals surface area contributed by atoms with E-state index in [4.69, 9.17) is 9.47 Å². The molecule has 8 nitrogen and oxygen atoms in total. The zero-order chi connectivity index (χ0) is 23.8. The van der Waals surface area contributed by atoms with Gasteiger partial charge in [-0.25, -0.2) is 8.42 Å². The molecule has 0 spiro atoms. The summed E-state index contributed by atoms with van der Waals surface area (Å²) in [5.74, 6) is 0.450. The van der Waals surface area contributed by atoms with E-state index in [0.717, 1.165) is 24.4 Å². The number of likely N-dealkylation sites (N-methyl/N-ethyl adjacent to an activating group) is 1. The Kier molecular flexibility index (Phi) is 8.85. The highest BCUT2D eigenvalue weighted by Gasteiger charge is 2.27. The van der Waals surface area contributed by atoms with Crippen LogP contribution in [-0.4, -0.2) is 76.6 Å². The van der Waals surface area contributed by atoms with Crippen LogP contribution in [0.3, 0.4) is 0 Å². The lowest BCUT2D eigenvalue weighted by Gasteiger charge is -2.30. The van der Waals surface area contributed by atoms with Gasteiger partial charge < -0.3 is 14.8 Å². The molecule has 3 rings (SSSR count). The highest BCUT2D eigenvalue weighted by Crippen LogP contribution is 2.24. The summed E-state index contributed by atoms with van der Waals surface area (Å²) >= 11 is 0. The number of carbonyl (C=O) groups is 1. The lowest BCUT2D eigenvalue weighted by atomic mass is 10.0. The number of morpholine rings is 1. The topological polar surface area (TPSA) is 88.2 Å². The Balaban J connectivity index is 1.77. The van der Waals surface area contributed by atoms with Gasteiger partial charge in [0.1, 0.15) is 5.75 Å². The van der Waals surface area contributed by atoms with Crippen LogP contribution in [0.4, 0.5) is 0 Å². The van der Waals surface area contributed by atoms with E-state index in [9.17, 15) is 13.2 Å². The van der Waals surface area contributed by atoms with E-state index >= 15 is 0 Å². The van der Waals surface area contributed by atoms with Crippen LogP contribution in [0, 0.1) is 0 Å². The number of benzene rings is 2. The molecule has 0 bridgehead atoms. The molecule has 0 saturated carbocycles. The summed E-state index contributed by atoms with van der Waals surface area (Å²) in [4.78, 5) is 15.3. The Hall–Kier alpha value is -2.46. The van der Waals surface area contributed by atoms with Crippen LogP contribution in [0.2, 0.25) is 0 Å². The molecule has 0 radical (unpaired) electrons. The smallest absolute Gasteiger partial charge is 0.251 e. The normalized spacial score (nSPS) is 15.9. The van der Waals surface area contributed by atoms with Crippen molar-refractivity contribution >= 4 is 15.9 Å². The molecule has 2 aromatic carbocycles. The average molecular weight is 476 g/mol. The molecule has 33 heavy (non-hydrogen) atoms. The third kappa shape index (κ3) is 6.11. The van der Waals surface area contributed by atoms with E-state index in [-0.39, 0.29) is 16.8 Å². The van der Waals surface area contributed by atoms with Gasteiger partial charge in [0, 0.05) is 25.2 Å². The van der Waals surface area contributed by atoms with E-state index in [0.29, 0.717) is 38.4 Å². The second kappa shape index (κ2) is 11.6. The molecule has 180 valence electrons. The van der Waals surface area contributed by atoms with Crippen LogP contribution in [0.1, 0.15) is 35.8 Å². The summed E-state index contributed by atoms with van der Waals surface area (Å²) in [6, 6.07) is 14.0. The molecule has 9 heteroatoms. The first kappa shape index (κ1) is 25.2. The third-order valence-electron chi connectivity index (χ3n) is 5.89. The summed E-state index contributed by atoms with van der Waals surface area (Å²) < 4.78 is 37.9. The van der Waals surface area contributed by atoms with Crippen molar-refractivity contribution in [3.05, 3.63) is 59.7 Å². The fourth-order valence-electron chi connectivity index (χ4n) is 4.00. The SMILES string of the molecule is CCN(CC)C(CNC(=O)c1cccc(S(=O)(=O)N2CCOCC2)c1)c1cccc(OC)c1. The van der Waals surface area contributed by atoms with E-state index in [1.54, 1.807) is 19.2 Å². The predicted molar refractivity (Wildman–Crippen MR) is 127 cm³/mol. The van der Waals surface area contributed by atoms with Gasteiger partial charge >= 0.3 is 0 Å². The first-order valence-corrected chi connectivity index (χ1v) is 12.7. The number of hydrogen-bond acceptors (Lipinski definition) is 6. The molecule has 1 fully saturated rings. The van der Waals surface area contributed by atoms with Crippen LogP contribution in [0.5, 0.6) is 5.75 Å². The zero-order valence-corrected chi connectivity index (χ0v) is 20.3. The van der Waals surface area contributed by atoms with Gasteiger partial charge in [-0.05, 0) is 49.0 Å². The number of nitrogens with zero attached hydrogens (tertiary/aromatic N) is 2. The van der Waals surface area contributed by atoms with Gasteiger partial charge in [0.25, 0.3) is 5.91 Å². The van der Waals surface area contributed by atoms with Crippen LogP contribution in [0.15, 0.2) is 53.4 Å². The van der Waals surface area contributed by atoms with Gasteiger partial charge in [-0.15, -0.1) is 0 Å². The first-order valence-electron chi connectivity index (χ1n) is 11.2. The van der Waals surface area contributed by atoms with E-state index in [1.807, 2.05) is 24.3 Å². The molecule has 2 aromatic rings. The van der Waals surface area contributed by atoms with Gasteiger partial charge in [-0.3, -0.25) is 9.69 Å². The van der Waals surface area contributed by atoms with Crippen molar-refractivity contribution in [2.24, 2.45) is 0 Å². The summed E-state index contributed by atoms with van der Waals surface area (Å²) in [6.07, 6.45) is 0. The number of carbonyl (C=O) groups excluding carboxylic acids is 1. The highest BCUT2D eigenvalue weighted by atomic mass is 32.2. The van der Waals surface area contributed by atoms with Crippen molar-refractivity contribution in [2.45, 2.75) is 24.8 Å². The molecule has 1 N–H and O–H groups in total. The minimum absolute atomic E-state index is 0.0423. The average Bonchev–Trinajstić information content (AvgIpc) is 2.87. The molecule has 1 heterocycles. The minimum Gasteiger partial charge on any atom is -0.497 e. The van der Waals surface area contributed by atoms with E-state index in [2.05, 4.69) is 24.1 Å². The maximum Gasteiger partial charge on any atom is 0.251 e. The Labute approximate surface area is 196 Å². The van der Waals surface area contributed by atoms with Crippen molar-refractivity contribution in [1.82, 2.24) is 14.5 Å². The number of methoxy groups -OCH3 is 1. The highest BCUT2D eigenvalue weighted by molar-refractivity contribution is 7.89. The molecule has 0 aromatic heterocycles. The van der Waals surface area contributed by atoms with Gasteiger partial charge in [0.2, 0.25) is 10.0 Å². The maximum absolute atomic E-state index is 13.0. The number of sulfonamides is 1. The van der Waals surface area contributed by atoms with Crippen molar-refractivity contribution in [1.29, 1.82) is 0 Å². The van der Waals surface area contributed by atoms with Gasteiger partial charge in [-0.2, -0.15) is 4.31 Å². The maximum atomic E-state index is 13.0.